The molecule has 1 fully saturated rings. The van der Waals surface area contributed by atoms with Gasteiger partial charge >= 0.3 is 0 Å². The third-order valence-corrected chi connectivity index (χ3v) is 3.11. The Morgan fingerprint density at radius 1 is 1.19 bits per heavy atom. The Bertz CT molecular complexity index is 420. The molecule has 5 heteroatoms. The summed E-state index contributed by atoms with van der Waals surface area (Å²) in [7, 11) is 4.03. The quantitative estimate of drug-likeness (QED) is 0.684. The van der Waals surface area contributed by atoms with Crippen molar-refractivity contribution in [1.82, 2.24) is 14.7 Å². The predicted molar refractivity (Wildman–Crippen MR) is 62.4 cm³/mol. The Morgan fingerprint density at radius 3 is 2.38 bits per heavy atom. The van der Waals surface area contributed by atoms with Crippen LogP contribution in [0, 0.1) is 18.3 Å². The standard InChI is InChI=1S/C11H17N5/c1-9-10(8-12)11(15(3)13-9)16-6-4-14(2)5-7-16/h4-7H2,1-3H3. The molecule has 16 heavy (non-hydrogen) atoms. The monoisotopic (exact) mass is 219 g/mol. The van der Waals surface area contributed by atoms with Crippen molar-refractivity contribution in [3.05, 3.63) is 11.3 Å². The molecule has 0 saturated carbocycles. The molecule has 2 rings (SSSR count). The fourth-order valence-corrected chi connectivity index (χ4v) is 2.16. The molecular formula is C11H17N5. The third-order valence-electron chi connectivity index (χ3n) is 3.11. The van der Waals surface area contributed by atoms with Gasteiger partial charge in [-0.15, -0.1) is 0 Å². The van der Waals surface area contributed by atoms with Crippen LogP contribution in [0.1, 0.15) is 11.3 Å². The van der Waals surface area contributed by atoms with Crippen LogP contribution in [-0.4, -0.2) is 47.9 Å². The molecule has 0 spiro atoms. The Morgan fingerprint density at radius 2 is 1.81 bits per heavy atom. The van der Waals surface area contributed by atoms with E-state index in [-0.39, 0.29) is 0 Å². The minimum atomic E-state index is 0.715. The second kappa shape index (κ2) is 4.14. The molecule has 0 atom stereocenters. The van der Waals surface area contributed by atoms with E-state index in [2.05, 4.69) is 28.0 Å². The first kappa shape index (κ1) is 11.0. The highest BCUT2D eigenvalue weighted by molar-refractivity contribution is 5.57. The molecule has 1 aromatic heterocycles. The van der Waals surface area contributed by atoms with Crippen molar-refractivity contribution < 1.29 is 0 Å². The van der Waals surface area contributed by atoms with Crippen LogP contribution >= 0.6 is 0 Å². The van der Waals surface area contributed by atoms with E-state index in [1.165, 1.54) is 0 Å². The van der Waals surface area contributed by atoms with E-state index < -0.39 is 0 Å². The van der Waals surface area contributed by atoms with Gasteiger partial charge in [-0.05, 0) is 14.0 Å². The lowest BCUT2D eigenvalue weighted by molar-refractivity contribution is 0.311. The zero-order valence-electron chi connectivity index (χ0n) is 10.1. The van der Waals surface area contributed by atoms with Crippen molar-refractivity contribution in [2.45, 2.75) is 6.92 Å². The molecule has 0 amide bonds. The van der Waals surface area contributed by atoms with Crippen LogP contribution in [0.3, 0.4) is 0 Å². The van der Waals surface area contributed by atoms with Crippen molar-refractivity contribution in [3.8, 4) is 6.07 Å². The van der Waals surface area contributed by atoms with Gasteiger partial charge in [-0.25, -0.2) is 0 Å². The number of hydrogen-bond acceptors (Lipinski definition) is 4. The summed E-state index contributed by atoms with van der Waals surface area (Å²) in [5.41, 5.74) is 1.53. The first-order valence-electron chi connectivity index (χ1n) is 5.50. The van der Waals surface area contributed by atoms with Gasteiger partial charge in [0.05, 0.1) is 5.69 Å². The Labute approximate surface area is 95.9 Å². The first-order valence-corrected chi connectivity index (χ1v) is 5.50. The number of anilines is 1. The fourth-order valence-electron chi connectivity index (χ4n) is 2.16. The summed E-state index contributed by atoms with van der Waals surface area (Å²) in [6, 6.07) is 2.25. The summed E-state index contributed by atoms with van der Waals surface area (Å²) in [5.74, 6) is 0.966. The van der Waals surface area contributed by atoms with E-state index in [1.807, 2.05) is 18.7 Å². The highest BCUT2D eigenvalue weighted by atomic mass is 15.4. The summed E-state index contributed by atoms with van der Waals surface area (Å²) in [6.07, 6.45) is 0. The van der Waals surface area contributed by atoms with E-state index in [4.69, 9.17) is 5.26 Å². The van der Waals surface area contributed by atoms with E-state index in [0.717, 1.165) is 37.7 Å². The summed E-state index contributed by atoms with van der Waals surface area (Å²) < 4.78 is 1.82. The summed E-state index contributed by atoms with van der Waals surface area (Å²) in [6.45, 7) is 5.89. The van der Waals surface area contributed by atoms with E-state index in [1.54, 1.807) is 0 Å². The van der Waals surface area contributed by atoms with Crippen LogP contribution in [0.5, 0.6) is 0 Å². The molecule has 2 heterocycles. The van der Waals surface area contributed by atoms with Crippen LogP contribution in [0.4, 0.5) is 5.82 Å². The van der Waals surface area contributed by atoms with Crippen LogP contribution in [0.15, 0.2) is 0 Å². The number of hydrogen-bond donors (Lipinski definition) is 0. The van der Waals surface area contributed by atoms with Crippen molar-refractivity contribution in [1.29, 1.82) is 5.26 Å². The molecule has 0 N–H and O–H groups in total. The average molecular weight is 219 g/mol. The van der Waals surface area contributed by atoms with Crippen LogP contribution in [0.2, 0.25) is 0 Å². The second-order valence-electron chi connectivity index (χ2n) is 4.31. The van der Waals surface area contributed by atoms with E-state index >= 15 is 0 Å². The van der Waals surface area contributed by atoms with E-state index in [9.17, 15) is 0 Å². The molecule has 0 aromatic carbocycles. The highest BCUT2D eigenvalue weighted by Crippen LogP contribution is 2.23. The molecule has 0 radical (unpaired) electrons. The highest BCUT2D eigenvalue weighted by Gasteiger charge is 2.22. The van der Waals surface area contributed by atoms with Gasteiger partial charge in [0.1, 0.15) is 17.5 Å². The van der Waals surface area contributed by atoms with Crippen molar-refractivity contribution >= 4 is 5.82 Å². The lowest BCUT2D eigenvalue weighted by Gasteiger charge is -2.33. The van der Waals surface area contributed by atoms with Gasteiger partial charge in [0, 0.05) is 33.2 Å². The SMILES string of the molecule is Cc1nn(C)c(N2CCN(C)CC2)c1C#N. The van der Waals surface area contributed by atoms with Gasteiger partial charge in [0.2, 0.25) is 0 Å². The fraction of sp³-hybridized carbons (Fsp3) is 0.636. The number of piperazine rings is 1. The largest absolute Gasteiger partial charge is 0.353 e. The van der Waals surface area contributed by atoms with Crippen molar-refractivity contribution in [2.75, 3.05) is 38.1 Å². The second-order valence-corrected chi connectivity index (χ2v) is 4.31. The molecular weight excluding hydrogens is 202 g/mol. The van der Waals surface area contributed by atoms with Crippen molar-refractivity contribution in [3.63, 3.8) is 0 Å². The Hall–Kier alpha value is -1.54. The predicted octanol–water partition coefficient (Wildman–Crippen LogP) is 0.352. The van der Waals surface area contributed by atoms with Crippen LogP contribution < -0.4 is 4.90 Å². The maximum Gasteiger partial charge on any atom is 0.145 e. The maximum absolute atomic E-state index is 9.15. The number of nitrogens with zero attached hydrogens (tertiary/aromatic N) is 5. The number of rotatable bonds is 1. The summed E-state index contributed by atoms with van der Waals surface area (Å²) in [4.78, 5) is 4.55. The average Bonchev–Trinajstić information content (AvgIpc) is 2.54. The summed E-state index contributed by atoms with van der Waals surface area (Å²) in [5, 5.41) is 13.5. The minimum absolute atomic E-state index is 0.715. The molecule has 86 valence electrons. The molecule has 5 nitrogen and oxygen atoms in total. The molecule has 0 aliphatic carbocycles. The lowest BCUT2D eigenvalue weighted by Crippen LogP contribution is -2.45. The summed E-state index contributed by atoms with van der Waals surface area (Å²) >= 11 is 0. The number of likely N-dealkylation sites (N-methyl/N-ethyl adjacent to an activating group) is 1. The van der Waals surface area contributed by atoms with Gasteiger partial charge in [0.15, 0.2) is 0 Å². The van der Waals surface area contributed by atoms with Gasteiger partial charge in [-0.2, -0.15) is 10.4 Å². The zero-order chi connectivity index (χ0) is 11.7. The smallest absolute Gasteiger partial charge is 0.145 e. The normalized spacial score (nSPS) is 17.5. The topological polar surface area (TPSA) is 48.1 Å². The zero-order valence-corrected chi connectivity index (χ0v) is 10.1. The van der Waals surface area contributed by atoms with Gasteiger partial charge in [0.25, 0.3) is 0 Å². The number of nitriles is 1. The lowest BCUT2D eigenvalue weighted by atomic mass is 10.2. The van der Waals surface area contributed by atoms with Crippen molar-refractivity contribution in [2.24, 2.45) is 7.05 Å². The van der Waals surface area contributed by atoms with Crippen LogP contribution in [-0.2, 0) is 7.05 Å². The van der Waals surface area contributed by atoms with Gasteiger partial charge in [-0.1, -0.05) is 0 Å². The van der Waals surface area contributed by atoms with Gasteiger partial charge in [-0.3, -0.25) is 4.68 Å². The number of aryl methyl sites for hydroxylation is 2. The molecule has 1 aliphatic heterocycles. The molecule has 1 saturated heterocycles. The van der Waals surface area contributed by atoms with E-state index in [0.29, 0.717) is 5.56 Å². The maximum atomic E-state index is 9.15. The molecule has 1 aliphatic rings. The van der Waals surface area contributed by atoms with Gasteiger partial charge < -0.3 is 9.80 Å². The molecule has 1 aromatic rings. The number of aromatic nitrogens is 2. The molecule has 0 unspecified atom stereocenters. The third kappa shape index (κ3) is 1.76. The Kier molecular flexibility index (Phi) is 2.84. The first-order chi connectivity index (χ1) is 7.63. The van der Waals surface area contributed by atoms with Crippen LogP contribution in [0.25, 0.3) is 0 Å². The Balaban J connectivity index is 2.30. The minimum Gasteiger partial charge on any atom is -0.353 e. The molecule has 0 bridgehead atoms.